The lowest BCUT2D eigenvalue weighted by atomic mass is 9.89. The molecule has 1 N–H and O–H groups in total. The van der Waals surface area contributed by atoms with E-state index >= 15 is 0 Å². The van der Waals surface area contributed by atoms with Crippen LogP contribution in [0.5, 0.6) is 11.5 Å². The molecule has 0 saturated heterocycles. The van der Waals surface area contributed by atoms with Crippen LogP contribution in [0.4, 0.5) is 0 Å². The van der Waals surface area contributed by atoms with Crippen LogP contribution in [0, 0.1) is 12.8 Å². The van der Waals surface area contributed by atoms with E-state index in [2.05, 4.69) is 17.2 Å². The van der Waals surface area contributed by atoms with Gasteiger partial charge in [0.1, 0.15) is 17.2 Å². The number of hydrogen-bond acceptors (Lipinski definition) is 6. The molecule has 0 spiro atoms. The second-order valence-corrected chi connectivity index (χ2v) is 9.46. The molecule has 0 radical (unpaired) electrons. The van der Waals surface area contributed by atoms with E-state index in [1.807, 2.05) is 18.2 Å². The van der Waals surface area contributed by atoms with Crippen molar-refractivity contribution in [1.82, 2.24) is 14.9 Å². The van der Waals surface area contributed by atoms with Gasteiger partial charge in [0, 0.05) is 11.4 Å². The highest BCUT2D eigenvalue weighted by Crippen LogP contribution is 2.35. The zero-order valence-electron chi connectivity index (χ0n) is 19.0. The lowest BCUT2D eigenvalue weighted by Gasteiger charge is -2.17. The highest BCUT2D eigenvalue weighted by Gasteiger charge is 2.24. The summed E-state index contributed by atoms with van der Waals surface area (Å²) in [5.74, 6) is 2.34. The van der Waals surface area contributed by atoms with Crippen LogP contribution in [-0.4, -0.2) is 36.2 Å². The third-order valence-corrected chi connectivity index (χ3v) is 7.24. The Labute approximate surface area is 191 Å². The largest absolute Gasteiger partial charge is 0.493 e. The van der Waals surface area contributed by atoms with Crippen LogP contribution in [0.2, 0.25) is 0 Å². The number of fused-ring (bicyclic) bond motifs is 3. The Morgan fingerprint density at radius 2 is 2.06 bits per heavy atom. The SMILES string of the molecule is COc1ccc(CCNC(=O)Cn2c(C)nc3sc4c(c3c2=O)CCC(C)C4)cc1OC. The smallest absolute Gasteiger partial charge is 0.263 e. The molecule has 1 atom stereocenters. The fourth-order valence-electron chi connectivity index (χ4n) is 4.29. The standard InChI is InChI=1S/C24H29N3O4S/c1-14-5-7-17-20(11-14)32-23-22(17)24(29)27(15(2)26-23)13-21(28)25-10-9-16-6-8-18(30-3)19(12-16)31-4/h6,8,12,14H,5,7,9-11,13H2,1-4H3,(H,25,28). The van der Waals surface area contributed by atoms with Crippen molar-refractivity contribution in [3.05, 3.63) is 50.4 Å². The van der Waals surface area contributed by atoms with Gasteiger partial charge in [0.05, 0.1) is 19.6 Å². The number of hydrogen-bond donors (Lipinski definition) is 1. The maximum Gasteiger partial charge on any atom is 0.263 e. The van der Waals surface area contributed by atoms with Gasteiger partial charge in [0.2, 0.25) is 5.91 Å². The molecule has 4 rings (SSSR count). The van der Waals surface area contributed by atoms with Gasteiger partial charge < -0.3 is 14.8 Å². The number of nitrogens with one attached hydrogen (secondary N) is 1. The monoisotopic (exact) mass is 455 g/mol. The fraction of sp³-hybridized carbons (Fsp3) is 0.458. The van der Waals surface area contributed by atoms with Gasteiger partial charge in [-0.05, 0) is 61.8 Å². The van der Waals surface area contributed by atoms with Crippen molar-refractivity contribution in [1.29, 1.82) is 0 Å². The Morgan fingerprint density at radius 3 is 2.81 bits per heavy atom. The maximum atomic E-state index is 13.2. The minimum atomic E-state index is -0.199. The molecule has 1 amide bonds. The number of benzene rings is 1. The summed E-state index contributed by atoms with van der Waals surface area (Å²) in [4.78, 5) is 32.6. The van der Waals surface area contributed by atoms with Crippen molar-refractivity contribution in [2.24, 2.45) is 5.92 Å². The first-order valence-corrected chi connectivity index (χ1v) is 11.7. The number of ether oxygens (including phenoxy) is 2. The first kappa shape index (κ1) is 22.3. The summed E-state index contributed by atoms with van der Waals surface area (Å²) >= 11 is 1.63. The van der Waals surface area contributed by atoms with Crippen LogP contribution in [0.25, 0.3) is 10.2 Å². The first-order valence-electron chi connectivity index (χ1n) is 10.9. The zero-order valence-corrected chi connectivity index (χ0v) is 19.8. The van der Waals surface area contributed by atoms with E-state index in [-0.39, 0.29) is 18.0 Å². The molecule has 8 heteroatoms. The molecule has 2 heterocycles. The Morgan fingerprint density at radius 1 is 1.28 bits per heavy atom. The summed E-state index contributed by atoms with van der Waals surface area (Å²) in [7, 11) is 3.19. The van der Waals surface area contributed by atoms with Crippen molar-refractivity contribution in [3.63, 3.8) is 0 Å². The van der Waals surface area contributed by atoms with Crippen LogP contribution in [-0.2, 0) is 30.6 Å². The molecule has 0 fully saturated rings. The van der Waals surface area contributed by atoms with Gasteiger partial charge in [-0.1, -0.05) is 13.0 Å². The predicted molar refractivity (Wildman–Crippen MR) is 126 cm³/mol. The number of amides is 1. The molecule has 32 heavy (non-hydrogen) atoms. The summed E-state index contributed by atoms with van der Waals surface area (Å²) in [6.07, 6.45) is 3.65. The van der Waals surface area contributed by atoms with Gasteiger partial charge in [-0.2, -0.15) is 0 Å². The van der Waals surface area contributed by atoms with Crippen LogP contribution in [0.15, 0.2) is 23.0 Å². The molecule has 0 bridgehead atoms. The van der Waals surface area contributed by atoms with Gasteiger partial charge in [-0.15, -0.1) is 11.3 Å². The van der Waals surface area contributed by atoms with Gasteiger partial charge >= 0.3 is 0 Å². The van der Waals surface area contributed by atoms with Crippen LogP contribution in [0.1, 0.15) is 35.2 Å². The van der Waals surface area contributed by atoms with E-state index in [0.29, 0.717) is 41.6 Å². The summed E-state index contributed by atoms with van der Waals surface area (Å²) in [5.41, 5.74) is 2.07. The van der Waals surface area contributed by atoms with Crippen LogP contribution < -0.4 is 20.3 Å². The Balaban J connectivity index is 1.45. The van der Waals surface area contributed by atoms with Crippen LogP contribution in [0.3, 0.4) is 0 Å². The van der Waals surface area contributed by atoms with Gasteiger partial charge in [-0.25, -0.2) is 4.98 Å². The second kappa shape index (κ2) is 9.32. The number of aromatic nitrogens is 2. The predicted octanol–water partition coefficient (Wildman–Crippen LogP) is 3.27. The molecule has 170 valence electrons. The summed E-state index contributed by atoms with van der Waals surface area (Å²) in [6.45, 7) is 4.47. The van der Waals surface area contributed by atoms with E-state index in [1.54, 1.807) is 32.5 Å². The van der Waals surface area contributed by atoms with Crippen molar-refractivity contribution >= 4 is 27.5 Å². The van der Waals surface area contributed by atoms with E-state index in [9.17, 15) is 9.59 Å². The number of nitrogens with zero attached hydrogens (tertiary/aromatic N) is 2. The minimum Gasteiger partial charge on any atom is -0.493 e. The fourth-order valence-corrected chi connectivity index (χ4v) is 5.71. The minimum absolute atomic E-state index is 0.0272. The van der Waals surface area contributed by atoms with Gasteiger partial charge in [-0.3, -0.25) is 14.2 Å². The normalized spacial score (nSPS) is 15.4. The molecule has 7 nitrogen and oxygen atoms in total. The number of carbonyl (C=O) groups excluding carboxylic acids is 1. The highest BCUT2D eigenvalue weighted by molar-refractivity contribution is 7.18. The molecular weight excluding hydrogens is 426 g/mol. The van der Waals surface area contributed by atoms with E-state index in [1.165, 1.54) is 9.44 Å². The molecule has 1 unspecified atom stereocenters. The summed E-state index contributed by atoms with van der Waals surface area (Å²) in [5, 5.41) is 3.62. The molecular formula is C24H29N3O4S. The quantitative estimate of drug-likeness (QED) is 0.591. The number of aryl methyl sites for hydroxylation is 2. The highest BCUT2D eigenvalue weighted by atomic mass is 32.1. The van der Waals surface area contributed by atoms with E-state index in [0.717, 1.165) is 35.2 Å². The Hall–Kier alpha value is -2.87. The van der Waals surface area contributed by atoms with Crippen molar-refractivity contribution in [2.75, 3.05) is 20.8 Å². The molecule has 3 aromatic rings. The van der Waals surface area contributed by atoms with Crippen molar-refractivity contribution in [3.8, 4) is 11.5 Å². The number of carbonyl (C=O) groups is 1. The van der Waals surface area contributed by atoms with Crippen molar-refractivity contribution in [2.45, 2.75) is 46.1 Å². The van der Waals surface area contributed by atoms with E-state index < -0.39 is 0 Å². The average Bonchev–Trinajstić information content (AvgIpc) is 3.13. The summed E-state index contributed by atoms with van der Waals surface area (Å²) in [6, 6.07) is 5.70. The van der Waals surface area contributed by atoms with Gasteiger partial charge in [0.15, 0.2) is 11.5 Å². The zero-order chi connectivity index (χ0) is 22.8. The lowest BCUT2D eigenvalue weighted by molar-refractivity contribution is -0.121. The lowest BCUT2D eigenvalue weighted by Crippen LogP contribution is -2.35. The first-order chi connectivity index (χ1) is 15.4. The Bertz CT molecular complexity index is 1210. The number of methoxy groups -OCH3 is 2. The number of thiophene rings is 1. The molecule has 0 saturated carbocycles. The third kappa shape index (κ3) is 4.37. The molecule has 0 aliphatic heterocycles. The third-order valence-electron chi connectivity index (χ3n) is 6.09. The van der Waals surface area contributed by atoms with Crippen molar-refractivity contribution < 1.29 is 14.3 Å². The molecule has 1 aliphatic rings. The number of rotatable bonds is 7. The topological polar surface area (TPSA) is 82.5 Å². The van der Waals surface area contributed by atoms with E-state index in [4.69, 9.17) is 9.47 Å². The molecule has 1 aliphatic carbocycles. The molecule has 2 aromatic heterocycles. The Kier molecular flexibility index (Phi) is 6.50. The van der Waals surface area contributed by atoms with Crippen LogP contribution >= 0.6 is 11.3 Å². The van der Waals surface area contributed by atoms with Gasteiger partial charge in [0.25, 0.3) is 5.56 Å². The molecule has 1 aromatic carbocycles. The second-order valence-electron chi connectivity index (χ2n) is 8.37. The average molecular weight is 456 g/mol. The maximum absolute atomic E-state index is 13.2. The summed E-state index contributed by atoms with van der Waals surface area (Å²) < 4.78 is 12.1.